The fourth-order valence-electron chi connectivity index (χ4n) is 2.05. The van der Waals surface area contributed by atoms with Crippen molar-refractivity contribution < 1.29 is 4.74 Å². The minimum atomic E-state index is -0.210. The standard InChI is InChI=1S/C14H14N4OS/c1-19-12-6-4-11(5-7-12)18-13(16-17-14(18)20)10-3-2-8-15-9-10/h2-9,14,17,20H,1H3. The van der Waals surface area contributed by atoms with Crippen LogP contribution in [-0.2, 0) is 0 Å². The van der Waals surface area contributed by atoms with E-state index in [2.05, 4.69) is 28.1 Å². The highest BCUT2D eigenvalue weighted by Crippen LogP contribution is 2.26. The number of pyridine rings is 1. The molecule has 0 saturated carbocycles. The molecule has 0 aliphatic carbocycles. The van der Waals surface area contributed by atoms with Gasteiger partial charge < -0.3 is 4.74 Å². The lowest BCUT2D eigenvalue weighted by molar-refractivity contribution is 0.415. The van der Waals surface area contributed by atoms with Crippen LogP contribution in [0.1, 0.15) is 5.56 Å². The summed E-state index contributed by atoms with van der Waals surface area (Å²) < 4.78 is 5.18. The van der Waals surface area contributed by atoms with Gasteiger partial charge in [-0.3, -0.25) is 15.3 Å². The second kappa shape index (κ2) is 5.42. The largest absolute Gasteiger partial charge is 0.497 e. The van der Waals surface area contributed by atoms with Crippen molar-refractivity contribution in [3.05, 3.63) is 54.4 Å². The highest BCUT2D eigenvalue weighted by Gasteiger charge is 2.27. The van der Waals surface area contributed by atoms with E-state index in [4.69, 9.17) is 4.74 Å². The number of methoxy groups -OCH3 is 1. The number of benzene rings is 1. The molecule has 0 saturated heterocycles. The van der Waals surface area contributed by atoms with Crippen molar-refractivity contribution in [1.82, 2.24) is 10.4 Å². The Bertz CT molecular complexity index is 615. The molecule has 1 N–H and O–H groups in total. The number of nitrogens with zero attached hydrogens (tertiary/aromatic N) is 3. The summed E-state index contributed by atoms with van der Waals surface area (Å²) in [5, 5.41) is 4.33. The number of amidine groups is 1. The first kappa shape index (κ1) is 12.8. The Kier molecular flexibility index (Phi) is 3.47. The van der Waals surface area contributed by atoms with Crippen LogP contribution >= 0.6 is 12.6 Å². The summed E-state index contributed by atoms with van der Waals surface area (Å²) in [7, 11) is 1.65. The first-order valence-electron chi connectivity index (χ1n) is 6.14. The summed E-state index contributed by atoms with van der Waals surface area (Å²) in [6.45, 7) is 0. The lowest BCUT2D eigenvalue weighted by Crippen LogP contribution is -2.36. The Morgan fingerprint density at radius 3 is 2.70 bits per heavy atom. The molecule has 1 aromatic carbocycles. The number of anilines is 1. The first-order chi connectivity index (χ1) is 9.79. The van der Waals surface area contributed by atoms with Crippen LogP contribution in [0.3, 0.4) is 0 Å². The number of hydrogen-bond acceptors (Lipinski definition) is 6. The predicted molar refractivity (Wildman–Crippen MR) is 82.2 cm³/mol. The maximum Gasteiger partial charge on any atom is 0.166 e. The van der Waals surface area contributed by atoms with Crippen molar-refractivity contribution in [2.24, 2.45) is 5.10 Å². The lowest BCUT2D eigenvalue weighted by Gasteiger charge is -2.24. The monoisotopic (exact) mass is 286 g/mol. The third-order valence-electron chi connectivity index (χ3n) is 3.03. The molecule has 2 heterocycles. The molecule has 0 amide bonds. The predicted octanol–water partition coefficient (Wildman–Crippen LogP) is 2.07. The van der Waals surface area contributed by atoms with Crippen LogP contribution in [0.2, 0.25) is 0 Å². The van der Waals surface area contributed by atoms with Gasteiger partial charge in [0.2, 0.25) is 0 Å². The summed E-state index contributed by atoms with van der Waals surface area (Å²) in [6, 6.07) is 11.6. The van der Waals surface area contributed by atoms with E-state index in [1.807, 2.05) is 41.3 Å². The summed E-state index contributed by atoms with van der Waals surface area (Å²) in [5.41, 5.74) is 4.68. The quantitative estimate of drug-likeness (QED) is 0.848. The molecule has 20 heavy (non-hydrogen) atoms. The molecule has 0 radical (unpaired) electrons. The molecule has 0 spiro atoms. The minimum absolute atomic E-state index is 0.210. The van der Waals surface area contributed by atoms with Crippen LogP contribution in [0, 0.1) is 0 Å². The topological polar surface area (TPSA) is 49.8 Å². The van der Waals surface area contributed by atoms with Gasteiger partial charge in [-0.25, -0.2) is 0 Å². The molecule has 5 nitrogen and oxygen atoms in total. The average Bonchev–Trinajstić information content (AvgIpc) is 2.90. The van der Waals surface area contributed by atoms with E-state index in [1.54, 1.807) is 19.5 Å². The average molecular weight is 286 g/mol. The fourth-order valence-corrected chi connectivity index (χ4v) is 2.35. The van der Waals surface area contributed by atoms with Gasteiger partial charge in [-0.15, -0.1) is 12.6 Å². The summed E-state index contributed by atoms with van der Waals surface area (Å²) >= 11 is 4.51. The molecular weight excluding hydrogens is 272 g/mol. The van der Waals surface area contributed by atoms with E-state index in [0.29, 0.717) is 0 Å². The SMILES string of the molecule is COc1ccc(N2C(c3cccnc3)=NNC2S)cc1. The molecule has 2 aromatic rings. The summed E-state index contributed by atoms with van der Waals surface area (Å²) in [5.74, 6) is 1.61. The molecular formula is C14H14N4OS. The van der Waals surface area contributed by atoms with Gasteiger partial charge in [0, 0.05) is 23.6 Å². The van der Waals surface area contributed by atoms with E-state index in [0.717, 1.165) is 22.8 Å². The molecule has 1 atom stereocenters. The van der Waals surface area contributed by atoms with Gasteiger partial charge in [0.1, 0.15) is 5.75 Å². The van der Waals surface area contributed by atoms with E-state index in [-0.39, 0.29) is 5.50 Å². The van der Waals surface area contributed by atoms with Crippen molar-refractivity contribution >= 4 is 24.2 Å². The number of thiol groups is 1. The van der Waals surface area contributed by atoms with Crippen LogP contribution in [0.15, 0.2) is 53.9 Å². The summed E-state index contributed by atoms with van der Waals surface area (Å²) in [6.07, 6.45) is 3.52. The van der Waals surface area contributed by atoms with Crippen LogP contribution in [0.4, 0.5) is 5.69 Å². The Morgan fingerprint density at radius 1 is 1.25 bits per heavy atom. The molecule has 0 bridgehead atoms. The van der Waals surface area contributed by atoms with Crippen LogP contribution in [-0.4, -0.2) is 23.4 Å². The smallest absolute Gasteiger partial charge is 0.166 e. The Labute approximate surface area is 122 Å². The molecule has 1 aromatic heterocycles. The Balaban J connectivity index is 1.95. The van der Waals surface area contributed by atoms with Gasteiger partial charge in [0.05, 0.1) is 7.11 Å². The fraction of sp³-hybridized carbons (Fsp3) is 0.143. The zero-order valence-corrected chi connectivity index (χ0v) is 11.8. The molecule has 3 rings (SSSR count). The molecule has 6 heteroatoms. The number of aromatic nitrogens is 1. The van der Waals surface area contributed by atoms with Crippen molar-refractivity contribution in [2.45, 2.75) is 5.50 Å². The maximum absolute atomic E-state index is 5.18. The van der Waals surface area contributed by atoms with Crippen molar-refractivity contribution in [3.8, 4) is 5.75 Å². The normalized spacial score (nSPS) is 17.6. The van der Waals surface area contributed by atoms with Crippen molar-refractivity contribution in [2.75, 3.05) is 12.0 Å². The second-order valence-electron chi connectivity index (χ2n) is 4.25. The zero-order valence-electron chi connectivity index (χ0n) is 10.9. The second-order valence-corrected chi connectivity index (χ2v) is 4.74. The van der Waals surface area contributed by atoms with E-state index < -0.39 is 0 Å². The van der Waals surface area contributed by atoms with Gasteiger partial charge in [-0.05, 0) is 36.4 Å². The molecule has 1 aliphatic rings. The Morgan fingerprint density at radius 2 is 2.05 bits per heavy atom. The molecule has 0 fully saturated rings. The number of ether oxygens (including phenoxy) is 1. The van der Waals surface area contributed by atoms with Gasteiger partial charge in [0.15, 0.2) is 11.3 Å². The van der Waals surface area contributed by atoms with Crippen molar-refractivity contribution in [1.29, 1.82) is 0 Å². The van der Waals surface area contributed by atoms with Gasteiger partial charge in [0.25, 0.3) is 0 Å². The van der Waals surface area contributed by atoms with Crippen molar-refractivity contribution in [3.63, 3.8) is 0 Å². The third-order valence-corrected chi connectivity index (χ3v) is 3.38. The van der Waals surface area contributed by atoms with Gasteiger partial charge >= 0.3 is 0 Å². The lowest BCUT2D eigenvalue weighted by atomic mass is 10.2. The molecule has 1 aliphatic heterocycles. The summed E-state index contributed by atoms with van der Waals surface area (Å²) in [4.78, 5) is 6.13. The Hall–Kier alpha value is -2.21. The first-order valence-corrected chi connectivity index (χ1v) is 6.66. The minimum Gasteiger partial charge on any atom is -0.497 e. The van der Waals surface area contributed by atoms with E-state index >= 15 is 0 Å². The van der Waals surface area contributed by atoms with Gasteiger partial charge in [-0.2, -0.15) is 5.10 Å². The highest BCUT2D eigenvalue weighted by atomic mass is 32.1. The van der Waals surface area contributed by atoms with Crippen LogP contribution < -0.4 is 15.1 Å². The maximum atomic E-state index is 5.18. The van der Waals surface area contributed by atoms with Crippen LogP contribution in [0.5, 0.6) is 5.75 Å². The highest BCUT2D eigenvalue weighted by molar-refractivity contribution is 7.81. The third kappa shape index (κ3) is 2.30. The number of hydrogen-bond donors (Lipinski definition) is 2. The van der Waals surface area contributed by atoms with Gasteiger partial charge in [-0.1, -0.05) is 0 Å². The van der Waals surface area contributed by atoms with Crippen LogP contribution in [0.25, 0.3) is 0 Å². The number of nitrogens with one attached hydrogen (secondary N) is 1. The number of hydrazone groups is 1. The number of rotatable bonds is 3. The zero-order chi connectivity index (χ0) is 13.9. The molecule has 1 unspecified atom stereocenters. The molecule has 102 valence electrons. The van der Waals surface area contributed by atoms with E-state index in [9.17, 15) is 0 Å². The van der Waals surface area contributed by atoms with E-state index in [1.165, 1.54) is 0 Å².